The molecule has 0 saturated carbocycles. The van der Waals surface area contributed by atoms with Crippen LogP contribution < -0.4 is 0 Å². The van der Waals surface area contributed by atoms with Gasteiger partial charge in [0.1, 0.15) is 0 Å². The maximum absolute atomic E-state index is 13.6. The van der Waals surface area contributed by atoms with Crippen molar-refractivity contribution in [3.63, 3.8) is 0 Å². The van der Waals surface area contributed by atoms with Crippen LogP contribution in [0.15, 0.2) is 0 Å². The van der Waals surface area contributed by atoms with Gasteiger partial charge in [-0.25, -0.2) is 22.0 Å². The maximum Gasteiger partial charge on any atom is 0.500 e. The largest absolute Gasteiger partial charge is 0.500 e. The molecule has 0 aliphatic carbocycles. The molecule has 0 radical (unpaired) electrons. The van der Waals surface area contributed by atoms with Crippen LogP contribution in [0.5, 0.6) is 0 Å². The third kappa shape index (κ3) is 4.75. The lowest BCUT2D eigenvalue weighted by Crippen LogP contribution is -2.45. The van der Waals surface area contributed by atoms with E-state index in [0.29, 0.717) is 12.5 Å². The second kappa shape index (κ2) is 8.89. The minimum absolute atomic E-state index is 0.133. The van der Waals surface area contributed by atoms with Crippen LogP contribution in [0.4, 0.5) is 22.0 Å². The van der Waals surface area contributed by atoms with Gasteiger partial charge < -0.3 is 13.3 Å². The third-order valence-corrected chi connectivity index (χ3v) is 6.54. The highest BCUT2D eigenvalue weighted by Crippen LogP contribution is 2.26. The Morgan fingerprint density at radius 3 is 1.67 bits per heavy atom. The molecule has 0 aromatic heterocycles. The Kier molecular flexibility index (Phi) is 7.78. The molecule has 0 saturated heterocycles. The van der Waals surface area contributed by atoms with E-state index < -0.39 is 43.5 Å². The van der Waals surface area contributed by atoms with Gasteiger partial charge in [-0.05, 0) is 33.1 Å². The molecular formula is C15H21F5O3Si. The highest BCUT2D eigenvalue weighted by molar-refractivity contribution is 6.60. The van der Waals surface area contributed by atoms with Crippen LogP contribution in [-0.2, 0) is 19.7 Å². The van der Waals surface area contributed by atoms with Crippen LogP contribution >= 0.6 is 0 Å². The van der Waals surface area contributed by atoms with Crippen molar-refractivity contribution in [1.82, 2.24) is 0 Å². The smallest absolute Gasteiger partial charge is 0.377 e. The van der Waals surface area contributed by atoms with Crippen molar-refractivity contribution in [2.75, 3.05) is 14.2 Å². The van der Waals surface area contributed by atoms with E-state index in [2.05, 4.69) is 0 Å². The Labute approximate surface area is 139 Å². The SMILES string of the molecule is CO[Si](CCCCc1c(F)c(F)c(F)c(F)c1F)(OC)OC(C)C. The molecule has 0 bridgehead atoms. The normalized spacial score (nSPS) is 12.2. The van der Waals surface area contributed by atoms with E-state index in [1.807, 2.05) is 13.8 Å². The van der Waals surface area contributed by atoms with E-state index in [9.17, 15) is 22.0 Å². The summed E-state index contributed by atoms with van der Waals surface area (Å²) < 4.78 is 82.7. The van der Waals surface area contributed by atoms with Crippen molar-refractivity contribution in [3.05, 3.63) is 34.6 Å². The first-order valence-corrected chi connectivity index (χ1v) is 9.40. The van der Waals surface area contributed by atoms with Gasteiger partial charge in [0, 0.05) is 31.9 Å². The van der Waals surface area contributed by atoms with E-state index in [-0.39, 0.29) is 18.9 Å². The summed E-state index contributed by atoms with van der Waals surface area (Å²) in [5, 5.41) is 0. The van der Waals surface area contributed by atoms with Gasteiger partial charge in [-0.15, -0.1) is 0 Å². The molecule has 3 nitrogen and oxygen atoms in total. The van der Waals surface area contributed by atoms with E-state index in [4.69, 9.17) is 13.3 Å². The maximum atomic E-state index is 13.6. The number of halogens is 5. The Bertz CT molecular complexity index is 536. The van der Waals surface area contributed by atoms with Gasteiger partial charge >= 0.3 is 8.80 Å². The molecule has 9 heteroatoms. The highest BCUT2D eigenvalue weighted by atomic mass is 28.4. The Hall–Kier alpha value is -1.03. The predicted molar refractivity (Wildman–Crippen MR) is 80.0 cm³/mol. The number of hydrogen-bond donors (Lipinski definition) is 0. The number of rotatable bonds is 9. The standard InChI is InChI=1S/C15H21F5O3Si/c1-9(2)23-24(21-3,22-4)8-6-5-7-10-11(16)13(18)15(20)14(19)12(10)17/h9H,5-8H2,1-4H3. The zero-order valence-corrected chi connectivity index (χ0v) is 15.0. The lowest BCUT2D eigenvalue weighted by Gasteiger charge is -2.28. The quantitative estimate of drug-likeness (QED) is 0.212. The first kappa shape index (κ1) is 21.0. The van der Waals surface area contributed by atoms with Crippen LogP contribution in [0.1, 0.15) is 32.3 Å². The fourth-order valence-electron chi connectivity index (χ4n) is 2.31. The molecule has 24 heavy (non-hydrogen) atoms. The molecule has 1 aromatic carbocycles. The fourth-order valence-corrected chi connectivity index (χ4v) is 4.60. The van der Waals surface area contributed by atoms with E-state index >= 15 is 0 Å². The average molecular weight is 372 g/mol. The summed E-state index contributed by atoms with van der Waals surface area (Å²) in [5.41, 5.74) is -0.807. The van der Waals surface area contributed by atoms with Crippen molar-refractivity contribution >= 4 is 8.80 Å². The Morgan fingerprint density at radius 1 is 0.792 bits per heavy atom. The van der Waals surface area contributed by atoms with Crippen molar-refractivity contribution < 1.29 is 35.2 Å². The average Bonchev–Trinajstić information content (AvgIpc) is 2.56. The zero-order valence-electron chi connectivity index (χ0n) is 14.0. The van der Waals surface area contributed by atoms with Crippen LogP contribution in [0.3, 0.4) is 0 Å². The molecule has 0 atom stereocenters. The molecule has 0 aliphatic heterocycles. The van der Waals surface area contributed by atoms with Crippen molar-refractivity contribution in [2.45, 2.75) is 45.3 Å². The summed E-state index contributed by atoms with van der Waals surface area (Å²) in [7, 11) is -0.00512. The van der Waals surface area contributed by atoms with Crippen LogP contribution in [-0.4, -0.2) is 29.1 Å². The summed E-state index contributed by atoms with van der Waals surface area (Å²) in [5.74, 6) is -9.57. The molecule has 1 rings (SSSR count). The molecule has 0 amide bonds. The molecule has 0 N–H and O–H groups in total. The van der Waals surface area contributed by atoms with Crippen LogP contribution in [0.2, 0.25) is 6.04 Å². The van der Waals surface area contributed by atoms with E-state index in [1.54, 1.807) is 0 Å². The lowest BCUT2D eigenvalue weighted by molar-refractivity contribution is 0.0693. The van der Waals surface area contributed by atoms with Crippen LogP contribution in [0.25, 0.3) is 0 Å². The summed E-state index contributed by atoms with van der Waals surface area (Å²) in [6.45, 7) is 3.63. The fraction of sp³-hybridized carbons (Fsp3) is 0.600. The molecule has 138 valence electrons. The first-order chi connectivity index (χ1) is 11.2. The van der Waals surface area contributed by atoms with Gasteiger partial charge in [0.25, 0.3) is 0 Å². The zero-order chi connectivity index (χ0) is 18.5. The second-order valence-electron chi connectivity index (χ2n) is 5.51. The van der Waals surface area contributed by atoms with Gasteiger partial charge in [0.2, 0.25) is 5.82 Å². The molecule has 0 spiro atoms. The summed E-state index contributed by atoms with van der Waals surface area (Å²) in [6.07, 6.45) is 0.166. The number of benzene rings is 1. The van der Waals surface area contributed by atoms with Crippen molar-refractivity contribution in [3.8, 4) is 0 Å². The van der Waals surface area contributed by atoms with Gasteiger partial charge in [-0.3, -0.25) is 0 Å². The van der Waals surface area contributed by atoms with Gasteiger partial charge in [-0.2, -0.15) is 0 Å². The van der Waals surface area contributed by atoms with Crippen molar-refractivity contribution in [1.29, 1.82) is 0 Å². The van der Waals surface area contributed by atoms with E-state index in [1.165, 1.54) is 14.2 Å². The van der Waals surface area contributed by atoms with Gasteiger partial charge in [0.15, 0.2) is 23.3 Å². The summed E-state index contributed by atoms with van der Waals surface area (Å²) in [6, 6.07) is 0.369. The van der Waals surface area contributed by atoms with Gasteiger partial charge in [0.05, 0.1) is 0 Å². The number of unbranched alkanes of at least 4 members (excludes halogenated alkanes) is 1. The first-order valence-electron chi connectivity index (χ1n) is 7.47. The molecule has 1 aromatic rings. The summed E-state index contributed by atoms with van der Waals surface area (Å²) >= 11 is 0. The Balaban J connectivity index is 2.75. The predicted octanol–water partition coefficient (Wildman–Crippen LogP) is 4.36. The minimum atomic E-state index is -2.90. The molecule has 0 fully saturated rings. The molecular weight excluding hydrogens is 351 g/mol. The summed E-state index contributed by atoms with van der Waals surface area (Å²) in [4.78, 5) is 0. The van der Waals surface area contributed by atoms with Crippen molar-refractivity contribution in [2.24, 2.45) is 0 Å². The lowest BCUT2D eigenvalue weighted by atomic mass is 10.1. The highest BCUT2D eigenvalue weighted by Gasteiger charge is 2.39. The van der Waals surface area contributed by atoms with Crippen LogP contribution in [0, 0.1) is 29.1 Å². The third-order valence-electron chi connectivity index (χ3n) is 3.50. The Morgan fingerprint density at radius 2 is 1.25 bits per heavy atom. The topological polar surface area (TPSA) is 27.7 Å². The monoisotopic (exact) mass is 372 g/mol. The molecule has 0 heterocycles. The minimum Gasteiger partial charge on any atom is -0.377 e. The molecule has 0 unspecified atom stereocenters. The van der Waals surface area contributed by atoms with E-state index in [0.717, 1.165) is 0 Å². The molecule has 0 aliphatic rings. The number of hydrogen-bond acceptors (Lipinski definition) is 3. The van der Waals surface area contributed by atoms with Gasteiger partial charge in [-0.1, -0.05) is 0 Å². The second-order valence-corrected chi connectivity index (χ2v) is 8.43.